The molecule has 140 valence electrons. The van der Waals surface area contributed by atoms with Gasteiger partial charge in [-0.2, -0.15) is 0 Å². The third-order valence-electron chi connectivity index (χ3n) is 4.45. The van der Waals surface area contributed by atoms with Crippen molar-refractivity contribution in [3.8, 4) is 11.1 Å². The predicted octanol–water partition coefficient (Wildman–Crippen LogP) is 3.48. The quantitative estimate of drug-likeness (QED) is 0.731. The zero-order valence-electron chi connectivity index (χ0n) is 15.1. The van der Waals surface area contributed by atoms with Gasteiger partial charge in [-0.1, -0.05) is 0 Å². The summed E-state index contributed by atoms with van der Waals surface area (Å²) in [7, 11) is 0. The van der Waals surface area contributed by atoms with E-state index in [0.717, 1.165) is 40.7 Å². The molecule has 1 fully saturated rings. The highest BCUT2D eigenvalue weighted by Crippen LogP contribution is 2.39. The Labute approximate surface area is 161 Å². The monoisotopic (exact) mass is 383 g/mol. The van der Waals surface area contributed by atoms with Crippen molar-refractivity contribution < 1.29 is 13.9 Å². The number of hydrogen-bond acceptors (Lipinski definition) is 6. The van der Waals surface area contributed by atoms with Crippen molar-refractivity contribution in [1.29, 1.82) is 0 Å². The van der Waals surface area contributed by atoms with Crippen LogP contribution in [0.5, 0.6) is 0 Å². The van der Waals surface area contributed by atoms with Crippen LogP contribution in [0.4, 0.5) is 5.00 Å². The Morgan fingerprint density at radius 1 is 1.22 bits per heavy atom. The molecular weight excluding hydrogens is 362 g/mol. The van der Waals surface area contributed by atoms with E-state index in [4.69, 9.17) is 9.15 Å². The maximum absolute atomic E-state index is 12.7. The first-order chi connectivity index (χ1) is 13.2. The molecule has 0 spiro atoms. The van der Waals surface area contributed by atoms with E-state index in [2.05, 4.69) is 15.2 Å². The number of hydrogen-bond donors (Lipinski definition) is 1. The molecule has 4 rings (SSSR count). The Morgan fingerprint density at radius 2 is 2.00 bits per heavy atom. The zero-order chi connectivity index (χ0) is 18.6. The van der Waals surface area contributed by atoms with E-state index in [1.54, 1.807) is 12.4 Å². The highest BCUT2D eigenvalue weighted by atomic mass is 32.1. The van der Waals surface area contributed by atoms with Crippen molar-refractivity contribution in [2.45, 2.75) is 13.5 Å². The van der Waals surface area contributed by atoms with Gasteiger partial charge in [0.2, 0.25) is 0 Å². The van der Waals surface area contributed by atoms with Gasteiger partial charge in [0.1, 0.15) is 11.5 Å². The highest BCUT2D eigenvalue weighted by molar-refractivity contribution is 7.18. The molecule has 0 aromatic carbocycles. The Kier molecular flexibility index (Phi) is 5.22. The molecule has 1 amide bonds. The van der Waals surface area contributed by atoms with Gasteiger partial charge < -0.3 is 19.4 Å². The summed E-state index contributed by atoms with van der Waals surface area (Å²) in [4.78, 5) is 19.8. The topological polar surface area (TPSA) is 67.6 Å². The van der Waals surface area contributed by atoms with Gasteiger partial charge in [0, 0.05) is 31.0 Å². The van der Waals surface area contributed by atoms with E-state index in [0.29, 0.717) is 24.6 Å². The number of furan rings is 1. The number of aryl methyl sites for hydroxylation is 1. The number of pyridine rings is 1. The van der Waals surface area contributed by atoms with Crippen molar-refractivity contribution >= 4 is 22.2 Å². The lowest BCUT2D eigenvalue weighted by Gasteiger charge is -2.28. The van der Waals surface area contributed by atoms with E-state index in [1.165, 1.54) is 11.3 Å². The molecule has 3 aromatic heterocycles. The van der Waals surface area contributed by atoms with Gasteiger partial charge in [-0.3, -0.25) is 9.78 Å². The van der Waals surface area contributed by atoms with Crippen LogP contribution in [0.1, 0.15) is 21.2 Å². The summed E-state index contributed by atoms with van der Waals surface area (Å²) in [6.07, 6.45) is 3.55. The number of morpholine rings is 1. The fourth-order valence-corrected chi connectivity index (χ4v) is 4.22. The van der Waals surface area contributed by atoms with Crippen LogP contribution in [-0.2, 0) is 11.3 Å². The number of carbonyl (C=O) groups is 1. The molecule has 0 atom stereocenters. The molecule has 1 aliphatic rings. The number of carbonyl (C=O) groups excluding carboxylic acids is 1. The SMILES string of the molecule is Cc1ccc(CNC(=O)c2cc(-c3ccncc3)c(N3CCOCC3)s2)o1. The molecule has 0 bridgehead atoms. The fourth-order valence-electron chi connectivity index (χ4n) is 3.07. The molecule has 0 unspecified atom stereocenters. The summed E-state index contributed by atoms with van der Waals surface area (Å²) in [5.41, 5.74) is 2.12. The van der Waals surface area contributed by atoms with E-state index in [1.807, 2.05) is 37.3 Å². The summed E-state index contributed by atoms with van der Waals surface area (Å²) in [5.74, 6) is 1.49. The third kappa shape index (κ3) is 4.04. The van der Waals surface area contributed by atoms with Gasteiger partial charge in [-0.15, -0.1) is 11.3 Å². The standard InChI is InChI=1S/C20H21N3O3S/c1-14-2-3-16(26-14)13-22-19(24)18-12-17(15-4-6-21-7-5-15)20(27-18)23-8-10-25-11-9-23/h2-7,12H,8-11,13H2,1H3,(H,22,24). The minimum Gasteiger partial charge on any atom is -0.465 e. The first-order valence-electron chi connectivity index (χ1n) is 8.91. The Bertz CT molecular complexity index is 914. The van der Waals surface area contributed by atoms with Gasteiger partial charge in [-0.25, -0.2) is 0 Å². The lowest BCUT2D eigenvalue weighted by atomic mass is 10.1. The number of thiophene rings is 1. The van der Waals surface area contributed by atoms with Crippen LogP contribution in [0.25, 0.3) is 11.1 Å². The molecule has 3 aromatic rings. The molecule has 1 N–H and O–H groups in total. The lowest BCUT2D eigenvalue weighted by molar-refractivity contribution is 0.0952. The second kappa shape index (κ2) is 7.94. The zero-order valence-corrected chi connectivity index (χ0v) is 15.9. The van der Waals surface area contributed by atoms with E-state index in [9.17, 15) is 4.79 Å². The summed E-state index contributed by atoms with van der Waals surface area (Å²) >= 11 is 1.52. The van der Waals surface area contributed by atoms with Crippen LogP contribution < -0.4 is 10.2 Å². The van der Waals surface area contributed by atoms with Crippen LogP contribution in [0, 0.1) is 6.92 Å². The van der Waals surface area contributed by atoms with E-state index >= 15 is 0 Å². The normalized spacial score (nSPS) is 14.3. The van der Waals surface area contributed by atoms with Crippen molar-refractivity contribution in [2.24, 2.45) is 0 Å². The summed E-state index contributed by atoms with van der Waals surface area (Å²) in [6.45, 7) is 5.32. The highest BCUT2D eigenvalue weighted by Gasteiger charge is 2.22. The van der Waals surface area contributed by atoms with Gasteiger partial charge in [0.05, 0.1) is 29.6 Å². The number of aromatic nitrogens is 1. The number of anilines is 1. The largest absolute Gasteiger partial charge is 0.465 e. The molecule has 27 heavy (non-hydrogen) atoms. The average Bonchev–Trinajstić information content (AvgIpc) is 3.34. The maximum Gasteiger partial charge on any atom is 0.261 e. The average molecular weight is 383 g/mol. The molecule has 6 nitrogen and oxygen atoms in total. The van der Waals surface area contributed by atoms with Crippen LogP contribution in [0.15, 0.2) is 47.1 Å². The smallest absolute Gasteiger partial charge is 0.261 e. The Morgan fingerprint density at radius 3 is 2.70 bits per heavy atom. The van der Waals surface area contributed by atoms with Gasteiger partial charge in [0.25, 0.3) is 5.91 Å². The van der Waals surface area contributed by atoms with Crippen LogP contribution in [-0.4, -0.2) is 37.2 Å². The molecule has 1 saturated heterocycles. The maximum atomic E-state index is 12.7. The van der Waals surface area contributed by atoms with Crippen LogP contribution in [0.3, 0.4) is 0 Å². The van der Waals surface area contributed by atoms with Crippen LogP contribution in [0.2, 0.25) is 0 Å². The number of rotatable bonds is 5. The van der Waals surface area contributed by atoms with E-state index in [-0.39, 0.29) is 5.91 Å². The third-order valence-corrected chi connectivity index (χ3v) is 5.64. The Balaban J connectivity index is 1.59. The van der Waals surface area contributed by atoms with Crippen molar-refractivity contribution in [3.05, 3.63) is 59.1 Å². The molecule has 0 saturated carbocycles. The molecule has 1 aliphatic heterocycles. The van der Waals surface area contributed by atoms with Gasteiger partial charge in [-0.05, 0) is 42.8 Å². The summed E-state index contributed by atoms with van der Waals surface area (Å²) in [6, 6.07) is 9.68. The van der Waals surface area contributed by atoms with Crippen molar-refractivity contribution in [2.75, 3.05) is 31.2 Å². The van der Waals surface area contributed by atoms with Crippen molar-refractivity contribution in [1.82, 2.24) is 10.3 Å². The first-order valence-corrected chi connectivity index (χ1v) is 9.73. The van der Waals surface area contributed by atoms with E-state index < -0.39 is 0 Å². The van der Waals surface area contributed by atoms with Gasteiger partial charge >= 0.3 is 0 Å². The Hall–Kier alpha value is -2.64. The second-order valence-corrected chi connectivity index (χ2v) is 7.39. The molecule has 0 aliphatic carbocycles. The van der Waals surface area contributed by atoms with Crippen LogP contribution >= 0.6 is 11.3 Å². The van der Waals surface area contributed by atoms with Crippen molar-refractivity contribution in [3.63, 3.8) is 0 Å². The fraction of sp³-hybridized carbons (Fsp3) is 0.300. The number of amides is 1. The lowest BCUT2D eigenvalue weighted by Crippen LogP contribution is -2.35. The number of nitrogens with zero attached hydrogens (tertiary/aromatic N) is 2. The molecule has 7 heteroatoms. The minimum atomic E-state index is -0.0936. The second-order valence-electron chi connectivity index (χ2n) is 6.36. The number of ether oxygens (including phenoxy) is 1. The molecule has 0 radical (unpaired) electrons. The number of nitrogens with one attached hydrogen (secondary N) is 1. The first kappa shape index (κ1) is 17.8. The summed E-state index contributed by atoms with van der Waals surface area (Å²) < 4.78 is 11.0. The minimum absolute atomic E-state index is 0.0936. The predicted molar refractivity (Wildman–Crippen MR) is 105 cm³/mol. The molecular formula is C20H21N3O3S. The molecule has 4 heterocycles. The van der Waals surface area contributed by atoms with Gasteiger partial charge in [0.15, 0.2) is 0 Å². The summed E-state index contributed by atoms with van der Waals surface area (Å²) in [5, 5.41) is 4.05.